The summed E-state index contributed by atoms with van der Waals surface area (Å²) in [5.41, 5.74) is 8.72. The molecule has 0 aromatic heterocycles. The Labute approximate surface area is 109 Å². The largest absolute Gasteiger partial charge is 0.366 e. The fourth-order valence-corrected chi connectivity index (χ4v) is 2.35. The Balaban J connectivity index is 1.88. The summed E-state index contributed by atoms with van der Waals surface area (Å²) in [7, 11) is 0. The molecule has 1 aliphatic carbocycles. The van der Waals surface area contributed by atoms with E-state index in [0.29, 0.717) is 11.0 Å². The van der Waals surface area contributed by atoms with Crippen molar-refractivity contribution in [3.05, 3.63) is 34.9 Å². The van der Waals surface area contributed by atoms with Crippen LogP contribution in [0.15, 0.2) is 18.2 Å². The van der Waals surface area contributed by atoms with Gasteiger partial charge in [-0.1, -0.05) is 19.9 Å². The number of nitrogens with one attached hydrogen (secondary N) is 1. The highest BCUT2D eigenvalue weighted by molar-refractivity contribution is 5.93. The summed E-state index contributed by atoms with van der Waals surface area (Å²) in [6.07, 6.45) is 1.32. The lowest BCUT2D eigenvalue weighted by Crippen LogP contribution is -2.19. The van der Waals surface area contributed by atoms with Crippen LogP contribution in [0.3, 0.4) is 0 Å². The third-order valence-corrected chi connectivity index (χ3v) is 4.05. The van der Waals surface area contributed by atoms with Crippen molar-refractivity contribution in [2.45, 2.75) is 33.7 Å². The molecular weight excluding hydrogens is 224 g/mol. The van der Waals surface area contributed by atoms with E-state index >= 15 is 0 Å². The number of primary amides is 1. The molecule has 1 amide bonds. The minimum atomic E-state index is -0.364. The summed E-state index contributed by atoms with van der Waals surface area (Å²) in [5.74, 6) is 0.444. The number of amides is 1. The van der Waals surface area contributed by atoms with Crippen LogP contribution in [-0.4, -0.2) is 12.5 Å². The quantitative estimate of drug-likeness (QED) is 0.837. The van der Waals surface area contributed by atoms with Gasteiger partial charge in [-0.3, -0.25) is 4.79 Å². The zero-order valence-corrected chi connectivity index (χ0v) is 11.4. The number of nitrogens with two attached hydrogens (primary N) is 1. The van der Waals surface area contributed by atoms with E-state index < -0.39 is 0 Å². The molecule has 1 aromatic rings. The summed E-state index contributed by atoms with van der Waals surface area (Å²) >= 11 is 0. The number of hydrogen-bond donors (Lipinski definition) is 2. The van der Waals surface area contributed by atoms with Gasteiger partial charge in [-0.25, -0.2) is 0 Å². The molecule has 0 spiro atoms. The first-order valence-electron chi connectivity index (χ1n) is 6.50. The van der Waals surface area contributed by atoms with Gasteiger partial charge in [-0.15, -0.1) is 0 Å². The lowest BCUT2D eigenvalue weighted by Gasteiger charge is -2.09. The number of carbonyl (C=O) groups is 1. The SMILES string of the molecule is Cc1cc(C(N)=O)ccc1CNCC1CC1(C)C. The molecule has 18 heavy (non-hydrogen) atoms. The molecule has 98 valence electrons. The van der Waals surface area contributed by atoms with Gasteiger partial charge in [0.25, 0.3) is 0 Å². The lowest BCUT2D eigenvalue weighted by molar-refractivity contribution is 0.1000. The highest BCUT2D eigenvalue weighted by Gasteiger charge is 2.44. The van der Waals surface area contributed by atoms with E-state index in [1.165, 1.54) is 12.0 Å². The van der Waals surface area contributed by atoms with E-state index in [1.54, 1.807) is 6.07 Å². The predicted octanol–water partition coefficient (Wildman–Crippen LogP) is 2.23. The second kappa shape index (κ2) is 4.73. The zero-order chi connectivity index (χ0) is 13.3. The molecule has 1 fully saturated rings. The average Bonchev–Trinajstić information content (AvgIpc) is 2.88. The van der Waals surface area contributed by atoms with Crippen molar-refractivity contribution in [3.63, 3.8) is 0 Å². The van der Waals surface area contributed by atoms with E-state index in [0.717, 1.165) is 24.6 Å². The maximum absolute atomic E-state index is 11.1. The van der Waals surface area contributed by atoms with Gasteiger partial charge in [-0.2, -0.15) is 0 Å². The summed E-state index contributed by atoms with van der Waals surface area (Å²) in [4.78, 5) is 11.1. The molecule has 1 atom stereocenters. The maximum atomic E-state index is 11.1. The van der Waals surface area contributed by atoms with Crippen molar-refractivity contribution in [2.24, 2.45) is 17.1 Å². The Morgan fingerprint density at radius 1 is 1.50 bits per heavy atom. The fourth-order valence-electron chi connectivity index (χ4n) is 2.35. The Bertz CT molecular complexity index is 466. The van der Waals surface area contributed by atoms with Gasteiger partial charge in [0.1, 0.15) is 0 Å². The lowest BCUT2D eigenvalue weighted by atomic mass is 10.0. The molecule has 0 heterocycles. The molecule has 0 aliphatic heterocycles. The van der Waals surface area contributed by atoms with E-state index in [-0.39, 0.29) is 5.91 Å². The standard InChI is InChI=1S/C15H22N2O/c1-10-6-11(14(16)18)4-5-12(10)8-17-9-13-7-15(13,2)3/h4-6,13,17H,7-9H2,1-3H3,(H2,16,18). The third kappa shape index (κ3) is 2.91. The Hall–Kier alpha value is -1.35. The van der Waals surface area contributed by atoms with Gasteiger partial charge in [0.2, 0.25) is 5.91 Å². The van der Waals surface area contributed by atoms with E-state index in [9.17, 15) is 4.79 Å². The van der Waals surface area contributed by atoms with E-state index in [2.05, 4.69) is 19.2 Å². The predicted molar refractivity (Wildman–Crippen MR) is 73.3 cm³/mol. The average molecular weight is 246 g/mol. The Morgan fingerprint density at radius 3 is 2.67 bits per heavy atom. The molecule has 0 bridgehead atoms. The molecule has 1 unspecified atom stereocenters. The molecular formula is C15H22N2O. The van der Waals surface area contributed by atoms with Crippen molar-refractivity contribution in [2.75, 3.05) is 6.54 Å². The van der Waals surface area contributed by atoms with Crippen LogP contribution in [0.25, 0.3) is 0 Å². The molecule has 1 saturated carbocycles. The van der Waals surface area contributed by atoms with Crippen LogP contribution in [0, 0.1) is 18.3 Å². The van der Waals surface area contributed by atoms with Gasteiger partial charge in [0, 0.05) is 12.1 Å². The molecule has 0 saturated heterocycles. The molecule has 2 rings (SSSR count). The van der Waals surface area contributed by atoms with Crippen LogP contribution in [-0.2, 0) is 6.54 Å². The first-order valence-corrected chi connectivity index (χ1v) is 6.50. The molecule has 3 N–H and O–H groups in total. The summed E-state index contributed by atoms with van der Waals surface area (Å²) in [6.45, 7) is 8.57. The minimum absolute atomic E-state index is 0.364. The molecule has 1 aliphatic rings. The number of benzene rings is 1. The van der Waals surface area contributed by atoms with Crippen LogP contribution < -0.4 is 11.1 Å². The normalized spacial score (nSPS) is 20.7. The number of rotatable bonds is 5. The van der Waals surface area contributed by atoms with Crippen LogP contribution in [0.4, 0.5) is 0 Å². The van der Waals surface area contributed by atoms with Crippen molar-refractivity contribution < 1.29 is 4.79 Å². The van der Waals surface area contributed by atoms with Crippen LogP contribution in [0.1, 0.15) is 41.8 Å². The molecule has 3 heteroatoms. The zero-order valence-electron chi connectivity index (χ0n) is 11.4. The van der Waals surface area contributed by atoms with Gasteiger partial charge in [0.15, 0.2) is 0 Å². The Morgan fingerprint density at radius 2 is 2.17 bits per heavy atom. The van der Waals surface area contributed by atoms with E-state index in [4.69, 9.17) is 5.73 Å². The first kappa shape index (κ1) is 13.1. The number of aryl methyl sites for hydroxylation is 1. The molecule has 3 nitrogen and oxygen atoms in total. The summed E-state index contributed by atoms with van der Waals surface area (Å²) in [5, 5.41) is 3.49. The number of hydrogen-bond acceptors (Lipinski definition) is 2. The highest BCUT2D eigenvalue weighted by Crippen LogP contribution is 2.50. The van der Waals surface area contributed by atoms with Crippen molar-refractivity contribution >= 4 is 5.91 Å². The molecule has 1 aromatic carbocycles. The minimum Gasteiger partial charge on any atom is -0.366 e. The third-order valence-electron chi connectivity index (χ3n) is 4.05. The van der Waals surface area contributed by atoms with Gasteiger partial charge in [0.05, 0.1) is 0 Å². The van der Waals surface area contributed by atoms with Gasteiger partial charge in [-0.05, 0) is 54.5 Å². The maximum Gasteiger partial charge on any atom is 0.248 e. The molecule has 0 radical (unpaired) electrons. The van der Waals surface area contributed by atoms with Gasteiger partial charge < -0.3 is 11.1 Å². The van der Waals surface area contributed by atoms with Crippen molar-refractivity contribution in [3.8, 4) is 0 Å². The van der Waals surface area contributed by atoms with Crippen molar-refractivity contribution in [1.29, 1.82) is 0 Å². The van der Waals surface area contributed by atoms with Crippen LogP contribution in [0.5, 0.6) is 0 Å². The second-order valence-corrected chi connectivity index (χ2v) is 6.03. The Kier molecular flexibility index (Phi) is 3.44. The number of carbonyl (C=O) groups excluding carboxylic acids is 1. The second-order valence-electron chi connectivity index (χ2n) is 6.03. The van der Waals surface area contributed by atoms with Crippen LogP contribution in [0.2, 0.25) is 0 Å². The van der Waals surface area contributed by atoms with Crippen LogP contribution >= 0.6 is 0 Å². The topological polar surface area (TPSA) is 55.1 Å². The first-order chi connectivity index (χ1) is 8.40. The highest BCUT2D eigenvalue weighted by atomic mass is 16.1. The monoisotopic (exact) mass is 246 g/mol. The summed E-state index contributed by atoms with van der Waals surface area (Å²) in [6, 6.07) is 5.65. The van der Waals surface area contributed by atoms with Crippen molar-refractivity contribution in [1.82, 2.24) is 5.32 Å². The summed E-state index contributed by atoms with van der Waals surface area (Å²) < 4.78 is 0. The van der Waals surface area contributed by atoms with E-state index in [1.807, 2.05) is 19.1 Å². The fraction of sp³-hybridized carbons (Fsp3) is 0.533. The van der Waals surface area contributed by atoms with Gasteiger partial charge >= 0.3 is 0 Å². The smallest absolute Gasteiger partial charge is 0.248 e.